The summed E-state index contributed by atoms with van der Waals surface area (Å²) < 4.78 is 1.04. The van der Waals surface area contributed by atoms with Crippen LogP contribution < -0.4 is 11.1 Å². The fraction of sp³-hybridized carbons (Fsp3) is 0.400. The number of hydrogen-bond acceptors (Lipinski definition) is 4. The molecule has 108 valence electrons. The Balaban J connectivity index is 2.14. The van der Waals surface area contributed by atoms with E-state index in [-0.39, 0.29) is 18.6 Å². The first-order valence-electron chi connectivity index (χ1n) is 6.70. The molecule has 4 nitrogen and oxygen atoms in total. The second-order valence-corrected chi connectivity index (χ2v) is 6.47. The van der Waals surface area contributed by atoms with Crippen LogP contribution in [0.4, 0.5) is 5.69 Å². The Kier molecular flexibility index (Phi) is 4.62. The summed E-state index contributed by atoms with van der Waals surface area (Å²) in [7, 11) is 0. The van der Waals surface area contributed by atoms with Gasteiger partial charge in [0.25, 0.3) is 5.91 Å². The van der Waals surface area contributed by atoms with Gasteiger partial charge in [-0.1, -0.05) is 13.8 Å². The molecular formula is C15H20N2O2S. The van der Waals surface area contributed by atoms with Crippen molar-refractivity contribution in [1.29, 1.82) is 0 Å². The minimum absolute atomic E-state index is 0.0399. The third-order valence-electron chi connectivity index (χ3n) is 3.08. The van der Waals surface area contributed by atoms with Crippen LogP contribution in [0.5, 0.6) is 0 Å². The molecule has 0 fully saturated rings. The van der Waals surface area contributed by atoms with Crippen molar-refractivity contribution in [1.82, 2.24) is 5.32 Å². The molecule has 0 saturated heterocycles. The second-order valence-electron chi connectivity index (χ2n) is 5.39. The van der Waals surface area contributed by atoms with Gasteiger partial charge in [-0.2, -0.15) is 0 Å². The van der Waals surface area contributed by atoms with E-state index >= 15 is 0 Å². The van der Waals surface area contributed by atoms with Gasteiger partial charge in [-0.25, -0.2) is 0 Å². The summed E-state index contributed by atoms with van der Waals surface area (Å²) >= 11 is 1.44. The van der Waals surface area contributed by atoms with Crippen molar-refractivity contribution in [3.05, 3.63) is 29.1 Å². The molecule has 4 N–H and O–H groups in total. The first kappa shape index (κ1) is 14.8. The molecular weight excluding hydrogens is 272 g/mol. The molecule has 20 heavy (non-hydrogen) atoms. The number of aliphatic hydroxyl groups excluding tert-OH is 1. The molecule has 0 aliphatic carbocycles. The average Bonchev–Trinajstić information content (AvgIpc) is 2.80. The van der Waals surface area contributed by atoms with Crippen molar-refractivity contribution in [3.8, 4) is 0 Å². The van der Waals surface area contributed by atoms with Gasteiger partial charge in [0.1, 0.15) is 0 Å². The zero-order valence-corrected chi connectivity index (χ0v) is 12.5. The van der Waals surface area contributed by atoms with E-state index in [1.54, 1.807) is 0 Å². The lowest BCUT2D eigenvalue weighted by Gasteiger charge is -2.17. The van der Waals surface area contributed by atoms with Gasteiger partial charge in [0, 0.05) is 10.4 Å². The largest absolute Gasteiger partial charge is 0.399 e. The van der Waals surface area contributed by atoms with Gasteiger partial charge in [0.05, 0.1) is 17.5 Å². The van der Waals surface area contributed by atoms with Crippen LogP contribution in [-0.2, 0) is 0 Å². The summed E-state index contributed by atoms with van der Waals surface area (Å²) in [4.78, 5) is 12.9. The molecule has 1 unspecified atom stereocenters. The second kappa shape index (κ2) is 6.24. The fourth-order valence-electron chi connectivity index (χ4n) is 2.18. The predicted molar refractivity (Wildman–Crippen MR) is 84.0 cm³/mol. The monoisotopic (exact) mass is 292 g/mol. The highest BCUT2D eigenvalue weighted by Crippen LogP contribution is 2.27. The number of nitrogens with one attached hydrogen (secondary N) is 1. The highest BCUT2D eigenvalue weighted by Gasteiger charge is 2.16. The zero-order chi connectivity index (χ0) is 14.7. The number of fused-ring (bicyclic) bond motifs is 1. The minimum Gasteiger partial charge on any atom is -0.399 e. The van der Waals surface area contributed by atoms with Crippen molar-refractivity contribution in [2.24, 2.45) is 5.92 Å². The van der Waals surface area contributed by atoms with Gasteiger partial charge in [-0.15, -0.1) is 11.3 Å². The van der Waals surface area contributed by atoms with Crippen LogP contribution in [0, 0.1) is 5.92 Å². The molecule has 1 atom stereocenters. The van der Waals surface area contributed by atoms with E-state index in [0.717, 1.165) is 16.5 Å². The Morgan fingerprint density at radius 3 is 2.80 bits per heavy atom. The van der Waals surface area contributed by atoms with E-state index in [0.29, 0.717) is 16.5 Å². The number of rotatable bonds is 5. The van der Waals surface area contributed by atoms with Crippen molar-refractivity contribution >= 4 is 33.0 Å². The Morgan fingerprint density at radius 2 is 2.15 bits per heavy atom. The van der Waals surface area contributed by atoms with Gasteiger partial charge in [-0.05, 0) is 42.0 Å². The molecule has 0 spiro atoms. The van der Waals surface area contributed by atoms with Gasteiger partial charge in [0.2, 0.25) is 0 Å². The minimum atomic E-state index is -0.196. The summed E-state index contributed by atoms with van der Waals surface area (Å²) in [6.45, 7) is 4.09. The maximum Gasteiger partial charge on any atom is 0.261 e. The first-order chi connectivity index (χ1) is 9.49. The van der Waals surface area contributed by atoms with Crippen LogP contribution >= 0.6 is 11.3 Å². The molecule has 0 radical (unpaired) electrons. The van der Waals surface area contributed by atoms with E-state index in [4.69, 9.17) is 5.73 Å². The quantitative estimate of drug-likeness (QED) is 0.742. The number of thiophene rings is 1. The summed E-state index contributed by atoms with van der Waals surface area (Å²) in [6.07, 6.45) is 0.764. The normalized spacial score (nSPS) is 12.8. The molecule has 0 saturated carbocycles. The van der Waals surface area contributed by atoms with E-state index in [1.807, 2.05) is 24.3 Å². The van der Waals surface area contributed by atoms with E-state index < -0.39 is 0 Å². The molecule has 5 heteroatoms. The Labute approximate surface area is 122 Å². The van der Waals surface area contributed by atoms with Crippen LogP contribution in [0.15, 0.2) is 24.3 Å². The van der Waals surface area contributed by atoms with Crippen molar-refractivity contribution < 1.29 is 9.90 Å². The van der Waals surface area contributed by atoms with E-state index in [1.165, 1.54) is 11.3 Å². The van der Waals surface area contributed by atoms with Gasteiger partial charge < -0.3 is 16.2 Å². The number of hydrogen-bond donors (Lipinski definition) is 3. The lowest BCUT2D eigenvalue weighted by Crippen LogP contribution is -2.38. The SMILES string of the molecule is CC(C)CC(CO)NC(=O)c1cc2cc(N)ccc2s1. The van der Waals surface area contributed by atoms with Gasteiger partial charge >= 0.3 is 0 Å². The van der Waals surface area contributed by atoms with Crippen LogP contribution in [0.1, 0.15) is 29.9 Å². The number of nitrogen functional groups attached to an aromatic ring is 1. The highest BCUT2D eigenvalue weighted by molar-refractivity contribution is 7.20. The van der Waals surface area contributed by atoms with Crippen molar-refractivity contribution in [2.45, 2.75) is 26.3 Å². The molecule has 1 aromatic heterocycles. The number of nitrogens with two attached hydrogens (primary N) is 1. The number of anilines is 1. The zero-order valence-electron chi connectivity index (χ0n) is 11.7. The maximum absolute atomic E-state index is 12.2. The summed E-state index contributed by atoms with van der Waals surface area (Å²) in [5, 5.41) is 13.2. The van der Waals surface area contributed by atoms with Crippen LogP contribution in [-0.4, -0.2) is 23.7 Å². The molecule has 0 aliphatic heterocycles. The van der Waals surface area contributed by atoms with Gasteiger partial charge in [-0.3, -0.25) is 4.79 Å². The van der Waals surface area contributed by atoms with Crippen LogP contribution in [0.25, 0.3) is 10.1 Å². The molecule has 2 aromatic rings. The summed E-state index contributed by atoms with van der Waals surface area (Å²) in [6, 6.07) is 7.26. The molecule has 1 amide bonds. The number of amides is 1. The molecule has 0 bridgehead atoms. The lowest BCUT2D eigenvalue weighted by atomic mass is 10.0. The fourth-order valence-corrected chi connectivity index (χ4v) is 3.12. The summed E-state index contributed by atoms with van der Waals surface area (Å²) in [5.74, 6) is 0.291. The summed E-state index contributed by atoms with van der Waals surface area (Å²) in [5.41, 5.74) is 6.43. The first-order valence-corrected chi connectivity index (χ1v) is 7.52. The molecule has 1 aromatic carbocycles. The highest BCUT2D eigenvalue weighted by atomic mass is 32.1. The molecule has 2 rings (SSSR count). The Hall–Kier alpha value is -1.59. The van der Waals surface area contributed by atoms with Gasteiger partial charge in [0.15, 0.2) is 0 Å². The molecule has 1 heterocycles. The Morgan fingerprint density at radius 1 is 1.40 bits per heavy atom. The van der Waals surface area contributed by atoms with E-state index in [2.05, 4.69) is 19.2 Å². The topological polar surface area (TPSA) is 75.3 Å². The van der Waals surface area contributed by atoms with Crippen LogP contribution in [0.2, 0.25) is 0 Å². The molecule has 0 aliphatic rings. The standard InChI is InChI=1S/C15H20N2O2S/c1-9(2)5-12(8-18)17-15(19)14-7-10-6-11(16)3-4-13(10)20-14/h3-4,6-7,9,12,18H,5,8,16H2,1-2H3,(H,17,19). The maximum atomic E-state index is 12.2. The average molecular weight is 292 g/mol. The smallest absolute Gasteiger partial charge is 0.261 e. The third-order valence-corrected chi connectivity index (χ3v) is 4.19. The van der Waals surface area contributed by atoms with E-state index in [9.17, 15) is 9.90 Å². The van der Waals surface area contributed by atoms with Crippen molar-refractivity contribution in [2.75, 3.05) is 12.3 Å². The lowest BCUT2D eigenvalue weighted by molar-refractivity contribution is 0.0912. The Bertz CT molecular complexity index is 607. The van der Waals surface area contributed by atoms with Crippen LogP contribution in [0.3, 0.4) is 0 Å². The number of aliphatic hydroxyl groups is 1. The number of benzene rings is 1. The number of carbonyl (C=O) groups is 1. The number of carbonyl (C=O) groups excluding carboxylic acids is 1. The van der Waals surface area contributed by atoms with Crippen molar-refractivity contribution in [3.63, 3.8) is 0 Å². The third kappa shape index (κ3) is 3.49. The predicted octanol–water partition coefficient (Wildman–Crippen LogP) is 2.62.